The molecule has 2 nitrogen and oxygen atoms in total. The molecule has 0 N–H and O–H groups in total. The second kappa shape index (κ2) is 8.57. The second-order valence-electron chi connectivity index (χ2n) is 5.91. The molecule has 2 aromatic rings. The maximum Gasteiger partial charge on any atom is 0.337 e. The highest BCUT2D eigenvalue weighted by Gasteiger charge is 2.06. The van der Waals surface area contributed by atoms with E-state index in [4.69, 9.17) is 4.74 Å². The minimum absolute atomic E-state index is 0.280. The highest BCUT2D eigenvalue weighted by atomic mass is 16.5. The fourth-order valence-electron chi connectivity index (χ4n) is 2.80. The molecule has 118 valence electrons. The molecule has 2 aromatic carbocycles. The lowest BCUT2D eigenvalue weighted by atomic mass is 10.0. The number of benzene rings is 2. The standard InChI is InChI=1S/C20H26O2/c1-3-4-5-6-7-8-9-16-10-11-18-15-19(20(21)22-2)13-12-17(18)14-16/h10-15H,3-9H2,1-2H3. The van der Waals surface area contributed by atoms with E-state index in [1.807, 2.05) is 18.2 Å². The van der Waals surface area contributed by atoms with Gasteiger partial charge >= 0.3 is 5.97 Å². The van der Waals surface area contributed by atoms with E-state index in [0.29, 0.717) is 5.56 Å². The Kier molecular flexibility index (Phi) is 6.45. The van der Waals surface area contributed by atoms with Gasteiger partial charge in [-0.1, -0.05) is 63.3 Å². The second-order valence-corrected chi connectivity index (χ2v) is 5.91. The Balaban J connectivity index is 1.94. The van der Waals surface area contributed by atoms with Gasteiger partial charge < -0.3 is 4.74 Å². The molecule has 22 heavy (non-hydrogen) atoms. The number of carbonyl (C=O) groups is 1. The number of fused-ring (bicyclic) bond motifs is 1. The van der Waals surface area contributed by atoms with Gasteiger partial charge in [0, 0.05) is 0 Å². The number of esters is 1. The Morgan fingerprint density at radius 3 is 2.36 bits per heavy atom. The van der Waals surface area contributed by atoms with Crippen molar-refractivity contribution < 1.29 is 9.53 Å². The predicted molar refractivity (Wildman–Crippen MR) is 92.4 cm³/mol. The van der Waals surface area contributed by atoms with E-state index in [-0.39, 0.29) is 5.97 Å². The maximum atomic E-state index is 11.6. The van der Waals surface area contributed by atoms with Crippen LogP contribution in [-0.4, -0.2) is 13.1 Å². The van der Waals surface area contributed by atoms with Crippen LogP contribution in [0.5, 0.6) is 0 Å². The summed E-state index contributed by atoms with van der Waals surface area (Å²) in [5.41, 5.74) is 1.99. The number of hydrogen-bond donors (Lipinski definition) is 0. The van der Waals surface area contributed by atoms with Crippen molar-refractivity contribution in [1.82, 2.24) is 0 Å². The topological polar surface area (TPSA) is 26.3 Å². The van der Waals surface area contributed by atoms with Gasteiger partial charge in [0.05, 0.1) is 12.7 Å². The zero-order valence-electron chi connectivity index (χ0n) is 13.7. The zero-order chi connectivity index (χ0) is 15.8. The highest BCUT2D eigenvalue weighted by Crippen LogP contribution is 2.20. The fraction of sp³-hybridized carbons (Fsp3) is 0.450. The summed E-state index contributed by atoms with van der Waals surface area (Å²) in [5, 5.41) is 2.28. The summed E-state index contributed by atoms with van der Waals surface area (Å²) in [7, 11) is 1.41. The zero-order valence-corrected chi connectivity index (χ0v) is 13.7. The lowest BCUT2D eigenvalue weighted by Crippen LogP contribution is -2.00. The first-order chi connectivity index (χ1) is 10.7. The average molecular weight is 298 g/mol. The van der Waals surface area contributed by atoms with Gasteiger partial charge in [0.25, 0.3) is 0 Å². The first-order valence-corrected chi connectivity index (χ1v) is 8.35. The third-order valence-corrected chi connectivity index (χ3v) is 4.14. The van der Waals surface area contributed by atoms with E-state index in [2.05, 4.69) is 25.1 Å². The summed E-state index contributed by atoms with van der Waals surface area (Å²) in [4.78, 5) is 11.6. The van der Waals surface area contributed by atoms with Crippen LogP contribution in [0, 0.1) is 0 Å². The Morgan fingerprint density at radius 1 is 0.909 bits per heavy atom. The van der Waals surface area contributed by atoms with Crippen molar-refractivity contribution in [2.75, 3.05) is 7.11 Å². The average Bonchev–Trinajstić information content (AvgIpc) is 2.56. The monoisotopic (exact) mass is 298 g/mol. The molecular weight excluding hydrogens is 272 g/mol. The van der Waals surface area contributed by atoms with Gasteiger partial charge in [-0.05, 0) is 41.3 Å². The summed E-state index contributed by atoms with van der Waals surface area (Å²) in [5.74, 6) is -0.280. The van der Waals surface area contributed by atoms with E-state index in [0.717, 1.165) is 11.8 Å². The summed E-state index contributed by atoms with van der Waals surface area (Å²) >= 11 is 0. The van der Waals surface area contributed by atoms with Crippen molar-refractivity contribution >= 4 is 16.7 Å². The fourth-order valence-corrected chi connectivity index (χ4v) is 2.80. The molecule has 0 aliphatic rings. The van der Waals surface area contributed by atoms with Crippen molar-refractivity contribution in [2.24, 2.45) is 0 Å². The number of ether oxygens (including phenoxy) is 1. The van der Waals surface area contributed by atoms with E-state index in [9.17, 15) is 4.79 Å². The van der Waals surface area contributed by atoms with Gasteiger partial charge in [0.2, 0.25) is 0 Å². The first-order valence-electron chi connectivity index (χ1n) is 8.35. The largest absolute Gasteiger partial charge is 0.465 e. The predicted octanol–water partition coefficient (Wildman–Crippen LogP) is 5.53. The van der Waals surface area contributed by atoms with Gasteiger partial charge in [-0.15, -0.1) is 0 Å². The number of methoxy groups -OCH3 is 1. The molecular formula is C20H26O2. The minimum Gasteiger partial charge on any atom is -0.465 e. The van der Waals surface area contributed by atoms with Crippen molar-refractivity contribution in [3.63, 3.8) is 0 Å². The van der Waals surface area contributed by atoms with Gasteiger partial charge in [0.15, 0.2) is 0 Å². The number of aryl methyl sites for hydroxylation is 1. The van der Waals surface area contributed by atoms with E-state index in [1.165, 1.54) is 56.6 Å². The van der Waals surface area contributed by atoms with Crippen LogP contribution in [-0.2, 0) is 11.2 Å². The molecule has 2 rings (SSSR count). The van der Waals surface area contributed by atoms with Crippen LogP contribution in [0.25, 0.3) is 10.8 Å². The smallest absolute Gasteiger partial charge is 0.337 e. The lowest BCUT2D eigenvalue weighted by molar-refractivity contribution is 0.0601. The van der Waals surface area contributed by atoms with Crippen molar-refractivity contribution in [1.29, 1.82) is 0 Å². The van der Waals surface area contributed by atoms with Crippen molar-refractivity contribution in [2.45, 2.75) is 51.9 Å². The summed E-state index contributed by atoms with van der Waals surface area (Å²) in [6, 6.07) is 12.3. The Labute approximate surface area is 133 Å². The molecule has 0 bridgehead atoms. The molecule has 0 heterocycles. The van der Waals surface area contributed by atoms with Crippen LogP contribution in [0.2, 0.25) is 0 Å². The molecule has 0 aliphatic heterocycles. The summed E-state index contributed by atoms with van der Waals surface area (Å²) in [6.07, 6.45) is 9.10. The van der Waals surface area contributed by atoms with Crippen LogP contribution >= 0.6 is 0 Å². The van der Waals surface area contributed by atoms with Crippen LogP contribution in [0.4, 0.5) is 0 Å². The molecule has 0 aromatic heterocycles. The number of carbonyl (C=O) groups excluding carboxylic acids is 1. The van der Waals surface area contributed by atoms with Crippen LogP contribution in [0.15, 0.2) is 36.4 Å². The third-order valence-electron chi connectivity index (χ3n) is 4.14. The number of unbranched alkanes of at least 4 members (excludes halogenated alkanes) is 5. The number of hydrogen-bond acceptors (Lipinski definition) is 2. The summed E-state index contributed by atoms with van der Waals surface area (Å²) in [6.45, 7) is 2.25. The molecule has 0 atom stereocenters. The number of rotatable bonds is 8. The van der Waals surface area contributed by atoms with Crippen molar-refractivity contribution in [3.05, 3.63) is 47.5 Å². The summed E-state index contributed by atoms with van der Waals surface area (Å²) < 4.78 is 4.76. The molecule has 0 saturated heterocycles. The van der Waals surface area contributed by atoms with Crippen LogP contribution in [0.1, 0.15) is 61.4 Å². The Morgan fingerprint density at radius 2 is 1.59 bits per heavy atom. The minimum atomic E-state index is -0.280. The molecule has 2 heteroatoms. The van der Waals surface area contributed by atoms with E-state index >= 15 is 0 Å². The van der Waals surface area contributed by atoms with Gasteiger partial charge in [-0.25, -0.2) is 4.79 Å². The van der Waals surface area contributed by atoms with E-state index in [1.54, 1.807) is 0 Å². The quantitative estimate of drug-likeness (QED) is 0.473. The maximum absolute atomic E-state index is 11.6. The van der Waals surface area contributed by atoms with Crippen LogP contribution in [0.3, 0.4) is 0 Å². The Bertz CT molecular complexity index is 616. The normalized spacial score (nSPS) is 10.8. The molecule has 0 radical (unpaired) electrons. The molecule has 0 spiro atoms. The van der Waals surface area contributed by atoms with Crippen LogP contribution < -0.4 is 0 Å². The molecule has 0 amide bonds. The lowest BCUT2D eigenvalue weighted by Gasteiger charge is -2.06. The highest BCUT2D eigenvalue weighted by molar-refractivity contribution is 5.95. The molecule has 0 fully saturated rings. The first kappa shape index (κ1) is 16.5. The molecule has 0 unspecified atom stereocenters. The van der Waals surface area contributed by atoms with Crippen molar-refractivity contribution in [3.8, 4) is 0 Å². The van der Waals surface area contributed by atoms with E-state index < -0.39 is 0 Å². The van der Waals surface area contributed by atoms with Gasteiger partial charge in [-0.3, -0.25) is 0 Å². The molecule has 0 saturated carbocycles. The Hall–Kier alpha value is -1.83. The van der Waals surface area contributed by atoms with Gasteiger partial charge in [0.1, 0.15) is 0 Å². The van der Waals surface area contributed by atoms with Gasteiger partial charge in [-0.2, -0.15) is 0 Å². The third kappa shape index (κ3) is 4.59. The SMILES string of the molecule is CCCCCCCCc1ccc2cc(C(=O)OC)ccc2c1. The molecule has 0 aliphatic carbocycles.